The largest absolute Gasteiger partial charge is 0.379 e. The van der Waals surface area contributed by atoms with Gasteiger partial charge in [-0.1, -0.05) is 51.5 Å². The van der Waals surface area contributed by atoms with Gasteiger partial charge in [0.1, 0.15) is 0 Å². The average Bonchev–Trinajstić information content (AvgIpc) is 2.39. The third kappa shape index (κ3) is 4.79. The van der Waals surface area contributed by atoms with Gasteiger partial charge >= 0.3 is 0 Å². The Kier molecular flexibility index (Phi) is 6.99. The topological polar surface area (TPSA) is 21.3 Å². The lowest BCUT2D eigenvalue weighted by Gasteiger charge is -2.17. The number of nitrogens with one attached hydrogen (secondary N) is 1. The fraction of sp³-hybridized carbons (Fsp3) is 0.625. The summed E-state index contributed by atoms with van der Waals surface area (Å²) in [6.45, 7) is 8.23. The molecule has 1 atom stereocenters. The van der Waals surface area contributed by atoms with Crippen LogP contribution in [-0.2, 0) is 4.74 Å². The molecule has 0 amide bonds. The van der Waals surface area contributed by atoms with E-state index in [0.29, 0.717) is 12.0 Å². The van der Waals surface area contributed by atoms with Crippen molar-refractivity contribution in [1.29, 1.82) is 0 Å². The van der Waals surface area contributed by atoms with Crippen LogP contribution in [-0.4, -0.2) is 20.3 Å². The first-order chi connectivity index (χ1) is 8.69. The molecule has 2 heteroatoms. The molecule has 0 fully saturated rings. The van der Waals surface area contributed by atoms with Crippen molar-refractivity contribution in [2.45, 2.75) is 45.6 Å². The summed E-state index contributed by atoms with van der Waals surface area (Å²) in [6.07, 6.45) is 2.33. The molecule has 0 heterocycles. The normalized spacial score (nSPS) is 12.9. The van der Waals surface area contributed by atoms with E-state index < -0.39 is 0 Å². The second kappa shape index (κ2) is 8.28. The van der Waals surface area contributed by atoms with E-state index in [0.717, 1.165) is 19.6 Å². The molecule has 0 aliphatic rings. The molecule has 1 aromatic carbocycles. The molecule has 1 aromatic rings. The lowest BCUT2D eigenvalue weighted by molar-refractivity contribution is 0.111. The van der Waals surface area contributed by atoms with Gasteiger partial charge in [0.15, 0.2) is 0 Å². The highest BCUT2D eigenvalue weighted by molar-refractivity contribution is 5.26. The van der Waals surface area contributed by atoms with Gasteiger partial charge in [-0.05, 0) is 30.5 Å². The highest BCUT2D eigenvalue weighted by Crippen LogP contribution is 2.18. The number of likely N-dealkylation sites (N-methyl/N-ethyl adjacent to an activating group) is 1. The van der Waals surface area contributed by atoms with Crippen molar-refractivity contribution >= 4 is 0 Å². The quantitative estimate of drug-likeness (QED) is 0.706. The lowest BCUT2D eigenvalue weighted by Crippen LogP contribution is -2.22. The van der Waals surface area contributed by atoms with E-state index in [1.807, 2.05) is 7.05 Å². The summed E-state index contributed by atoms with van der Waals surface area (Å²) >= 11 is 0. The molecule has 2 nitrogen and oxygen atoms in total. The summed E-state index contributed by atoms with van der Waals surface area (Å²) in [5.74, 6) is 0.591. The Morgan fingerprint density at radius 3 is 2.22 bits per heavy atom. The van der Waals surface area contributed by atoms with Crippen LogP contribution in [0.25, 0.3) is 0 Å². The first-order valence-electron chi connectivity index (χ1n) is 7.03. The Morgan fingerprint density at radius 1 is 1.11 bits per heavy atom. The van der Waals surface area contributed by atoms with Crippen molar-refractivity contribution in [1.82, 2.24) is 5.32 Å². The van der Waals surface area contributed by atoms with Gasteiger partial charge in [-0.3, -0.25) is 0 Å². The van der Waals surface area contributed by atoms with Crippen LogP contribution in [0.2, 0.25) is 0 Å². The number of rotatable bonds is 8. The van der Waals surface area contributed by atoms with E-state index in [4.69, 9.17) is 4.74 Å². The summed E-state index contributed by atoms with van der Waals surface area (Å²) in [5.41, 5.74) is 2.69. The fourth-order valence-electron chi connectivity index (χ4n) is 1.91. The van der Waals surface area contributed by atoms with Crippen LogP contribution in [0.3, 0.4) is 0 Å². The van der Waals surface area contributed by atoms with Gasteiger partial charge in [0.2, 0.25) is 0 Å². The Morgan fingerprint density at radius 2 is 1.72 bits per heavy atom. The maximum Gasteiger partial charge on any atom is 0.0661 e. The SMILES string of the molecule is CCCCOCC(NC)c1ccc(C(C)C)cc1. The van der Waals surface area contributed by atoms with Gasteiger partial charge in [0, 0.05) is 6.61 Å². The molecule has 18 heavy (non-hydrogen) atoms. The minimum absolute atomic E-state index is 0.295. The van der Waals surface area contributed by atoms with E-state index in [1.54, 1.807) is 0 Å². The van der Waals surface area contributed by atoms with E-state index in [9.17, 15) is 0 Å². The summed E-state index contributed by atoms with van der Waals surface area (Å²) in [5, 5.41) is 3.32. The van der Waals surface area contributed by atoms with Gasteiger partial charge in [-0.25, -0.2) is 0 Å². The Labute approximate surface area is 112 Å². The Bertz CT molecular complexity index is 318. The van der Waals surface area contributed by atoms with Crippen LogP contribution >= 0.6 is 0 Å². The average molecular weight is 249 g/mol. The standard InChI is InChI=1S/C16H27NO/c1-5-6-11-18-12-16(17-4)15-9-7-14(8-10-15)13(2)3/h7-10,13,16-17H,5-6,11-12H2,1-4H3. The molecule has 0 saturated carbocycles. The smallest absolute Gasteiger partial charge is 0.0661 e. The molecule has 1 rings (SSSR count). The van der Waals surface area contributed by atoms with Gasteiger partial charge < -0.3 is 10.1 Å². The van der Waals surface area contributed by atoms with E-state index in [1.165, 1.54) is 17.5 Å². The maximum atomic E-state index is 5.70. The Balaban J connectivity index is 2.53. The van der Waals surface area contributed by atoms with Gasteiger partial charge in [0.05, 0.1) is 12.6 Å². The van der Waals surface area contributed by atoms with Crippen LogP contribution in [0.5, 0.6) is 0 Å². The van der Waals surface area contributed by atoms with Crippen molar-refractivity contribution in [3.8, 4) is 0 Å². The van der Waals surface area contributed by atoms with Crippen LogP contribution in [0.15, 0.2) is 24.3 Å². The van der Waals surface area contributed by atoms with Gasteiger partial charge in [-0.15, -0.1) is 0 Å². The summed E-state index contributed by atoms with van der Waals surface area (Å²) < 4.78 is 5.70. The third-order valence-electron chi connectivity index (χ3n) is 3.28. The number of unbranched alkanes of at least 4 members (excludes halogenated alkanes) is 1. The second-order valence-electron chi connectivity index (χ2n) is 5.09. The molecule has 0 spiro atoms. The van der Waals surface area contributed by atoms with E-state index >= 15 is 0 Å². The van der Waals surface area contributed by atoms with Gasteiger partial charge in [-0.2, -0.15) is 0 Å². The molecule has 1 unspecified atom stereocenters. The molecule has 1 N–H and O–H groups in total. The minimum Gasteiger partial charge on any atom is -0.379 e. The monoisotopic (exact) mass is 249 g/mol. The number of hydrogen-bond acceptors (Lipinski definition) is 2. The number of hydrogen-bond donors (Lipinski definition) is 1. The van der Waals surface area contributed by atoms with Gasteiger partial charge in [0.25, 0.3) is 0 Å². The van der Waals surface area contributed by atoms with Crippen molar-refractivity contribution in [2.24, 2.45) is 0 Å². The maximum absolute atomic E-state index is 5.70. The van der Waals surface area contributed by atoms with E-state index in [-0.39, 0.29) is 0 Å². The highest BCUT2D eigenvalue weighted by atomic mass is 16.5. The predicted octanol–water partition coefficient (Wildman–Crippen LogP) is 3.89. The van der Waals surface area contributed by atoms with Crippen molar-refractivity contribution in [2.75, 3.05) is 20.3 Å². The summed E-state index contributed by atoms with van der Waals surface area (Å²) in [6, 6.07) is 9.15. The molecule has 0 radical (unpaired) electrons. The lowest BCUT2D eigenvalue weighted by atomic mass is 9.99. The molecule has 0 saturated heterocycles. The molecule has 102 valence electrons. The number of ether oxygens (including phenoxy) is 1. The molecular weight excluding hydrogens is 222 g/mol. The van der Waals surface area contributed by atoms with Crippen LogP contribution < -0.4 is 5.32 Å². The first-order valence-corrected chi connectivity index (χ1v) is 7.03. The highest BCUT2D eigenvalue weighted by Gasteiger charge is 2.09. The summed E-state index contributed by atoms with van der Waals surface area (Å²) in [4.78, 5) is 0. The molecular formula is C16H27NO. The zero-order valence-corrected chi connectivity index (χ0v) is 12.2. The third-order valence-corrected chi connectivity index (χ3v) is 3.28. The summed E-state index contributed by atoms with van der Waals surface area (Å²) in [7, 11) is 1.99. The minimum atomic E-state index is 0.295. The van der Waals surface area contributed by atoms with Crippen LogP contribution in [0.1, 0.15) is 56.7 Å². The molecule has 0 aliphatic carbocycles. The zero-order valence-electron chi connectivity index (χ0n) is 12.2. The van der Waals surface area contributed by atoms with E-state index in [2.05, 4.69) is 50.4 Å². The predicted molar refractivity (Wildman–Crippen MR) is 78.1 cm³/mol. The zero-order chi connectivity index (χ0) is 13.4. The number of benzene rings is 1. The second-order valence-corrected chi connectivity index (χ2v) is 5.09. The van der Waals surface area contributed by atoms with Crippen molar-refractivity contribution < 1.29 is 4.74 Å². The van der Waals surface area contributed by atoms with Crippen molar-refractivity contribution in [3.63, 3.8) is 0 Å². The molecule has 0 aromatic heterocycles. The molecule has 0 aliphatic heterocycles. The molecule has 0 bridgehead atoms. The van der Waals surface area contributed by atoms with Crippen LogP contribution in [0, 0.1) is 0 Å². The first kappa shape index (κ1) is 15.2. The van der Waals surface area contributed by atoms with Crippen molar-refractivity contribution in [3.05, 3.63) is 35.4 Å². The fourth-order valence-corrected chi connectivity index (χ4v) is 1.91. The Hall–Kier alpha value is -0.860. The van der Waals surface area contributed by atoms with Crippen LogP contribution in [0.4, 0.5) is 0 Å².